The number of alkyl halides is 3. The first kappa shape index (κ1) is 15.0. The van der Waals surface area contributed by atoms with E-state index in [0.29, 0.717) is 5.56 Å². The second kappa shape index (κ2) is 5.55. The third kappa shape index (κ3) is 3.59. The van der Waals surface area contributed by atoms with Gasteiger partial charge in [0.15, 0.2) is 0 Å². The quantitative estimate of drug-likeness (QED) is 0.865. The largest absolute Gasteiger partial charge is 0.481 e. The van der Waals surface area contributed by atoms with Crippen molar-refractivity contribution in [3.05, 3.63) is 59.4 Å². The zero-order valence-corrected chi connectivity index (χ0v) is 10.6. The van der Waals surface area contributed by atoms with E-state index in [4.69, 9.17) is 5.11 Å². The van der Waals surface area contributed by atoms with Gasteiger partial charge in [-0.15, -0.1) is 0 Å². The molecular weight excluding hydrogens is 288 g/mol. The van der Waals surface area contributed by atoms with Crippen molar-refractivity contribution in [2.75, 3.05) is 0 Å². The Hall–Kier alpha value is -2.37. The Morgan fingerprint density at radius 2 is 1.81 bits per heavy atom. The fourth-order valence-electron chi connectivity index (χ4n) is 2.02. The Balaban J connectivity index is 2.57. The van der Waals surface area contributed by atoms with E-state index in [9.17, 15) is 22.4 Å². The molecule has 0 aliphatic heterocycles. The molecule has 0 saturated carbocycles. The fraction of sp³-hybridized carbons (Fsp3) is 0.133. The second-order valence-electron chi connectivity index (χ2n) is 4.45. The number of carboxylic acid groups (broad SMARTS) is 1. The van der Waals surface area contributed by atoms with Crippen LogP contribution in [0.5, 0.6) is 0 Å². The van der Waals surface area contributed by atoms with Crippen LogP contribution in [0.2, 0.25) is 0 Å². The van der Waals surface area contributed by atoms with Crippen LogP contribution in [-0.4, -0.2) is 11.1 Å². The predicted molar refractivity (Wildman–Crippen MR) is 68.2 cm³/mol. The van der Waals surface area contributed by atoms with Gasteiger partial charge in [-0.25, -0.2) is 4.39 Å². The van der Waals surface area contributed by atoms with Crippen LogP contribution in [0.15, 0.2) is 42.5 Å². The standard InChI is InChI=1S/C15H10F4O2/c16-12-3-1-2-9(7-12)13-5-4-11(15(17,18)19)6-10(13)8-14(20)21/h1-7H,8H2,(H,20,21). The van der Waals surface area contributed by atoms with Crippen LogP contribution < -0.4 is 0 Å². The van der Waals surface area contributed by atoms with Crippen LogP contribution in [-0.2, 0) is 17.4 Å². The minimum atomic E-state index is -4.56. The summed E-state index contributed by atoms with van der Waals surface area (Å²) in [4.78, 5) is 10.8. The molecule has 2 nitrogen and oxygen atoms in total. The van der Waals surface area contributed by atoms with Crippen LogP contribution in [0.3, 0.4) is 0 Å². The maximum Gasteiger partial charge on any atom is 0.416 e. The van der Waals surface area contributed by atoms with Crippen LogP contribution in [0.1, 0.15) is 11.1 Å². The van der Waals surface area contributed by atoms with E-state index in [-0.39, 0.29) is 11.1 Å². The molecule has 2 aromatic carbocycles. The molecule has 2 aromatic rings. The third-order valence-corrected chi connectivity index (χ3v) is 2.91. The molecule has 0 aliphatic rings. The van der Waals surface area contributed by atoms with Crippen LogP contribution in [0.25, 0.3) is 11.1 Å². The van der Waals surface area contributed by atoms with Crippen LogP contribution in [0.4, 0.5) is 17.6 Å². The SMILES string of the molecule is O=C(O)Cc1cc(C(F)(F)F)ccc1-c1cccc(F)c1. The van der Waals surface area contributed by atoms with Crippen molar-refractivity contribution in [1.29, 1.82) is 0 Å². The number of hydrogen-bond donors (Lipinski definition) is 1. The Kier molecular flexibility index (Phi) is 3.97. The van der Waals surface area contributed by atoms with E-state index in [2.05, 4.69) is 0 Å². The molecule has 0 unspecified atom stereocenters. The van der Waals surface area contributed by atoms with Gasteiger partial charge in [0, 0.05) is 0 Å². The normalized spacial score (nSPS) is 11.4. The van der Waals surface area contributed by atoms with Gasteiger partial charge in [-0.3, -0.25) is 4.79 Å². The van der Waals surface area contributed by atoms with Crippen molar-refractivity contribution in [2.24, 2.45) is 0 Å². The molecule has 2 rings (SSSR count). The number of halogens is 4. The molecular formula is C15H10F4O2. The van der Waals surface area contributed by atoms with Crippen LogP contribution in [0, 0.1) is 5.82 Å². The lowest BCUT2D eigenvalue weighted by Crippen LogP contribution is -2.08. The van der Waals surface area contributed by atoms with E-state index in [1.807, 2.05) is 0 Å². The predicted octanol–water partition coefficient (Wildman–Crippen LogP) is 4.14. The molecule has 0 amide bonds. The van der Waals surface area contributed by atoms with Gasteiger partial charge in [-0.05, 0) is 41.0 Å². The van der Waals surface area contributed by atoms with E-state index in [1.165, 1.54) is 18.2 Å². The molecule has 0 aliphatic carbocycles. The summed E-state index contributed by atoms with van der Waals surface area (Å²) in [6.07, 6.45) is -5.14. The van der Waals surface area contributed by atoms with Gasteiger partial charge in [0.1, 0.15) is 5.82 Å². The van der Waals surface area contributed by atoms with Crippen molar-refractivity contribution < 1.29 is 27.5 Å². The molecule has 0 bridgehead atoms. The average Bonchev–Trinajstić information content (AvgIpc) is 2.36. The highest BCUT2D eigenvalue weighted by Gasteiger charge is 2.31. The number of benzene rings is 2. The van der Waals surface area contributed by atoms with E-state index in [1.54, 1.807) is 0 Å². The summed E-state index contributed by atoms with van der Waals surface area (Å²) in [5, 5.41) is 8.83. The molecule has 0 heterocycles. The lowest BCUT2D eigenvalue weighted by molar-refractivity contribution is -0.138. The van der Waals surface area contributed by atoms with E-state index < -0.39 is 29.9 Å². The molecule has 6 heteroatoms. The van der Waals surface area contributed by atoms with E-state index in [0.717, 1.165) is 24.3 Å². The van der Waals surface area contributed by atoms with Gasteiger partial charge in [-0.1, -0.05) is 18.2 Å². The molecule has 0 atom stereocenters. The molecule has 0 fully saturated rings. The first-order valence-electron chi connectivity index (χ1n) is 5.95. The molecule has 0 aromatic heterocycles. The molecule has 1 N–H and O–H groups in total. The van der Waals surface area contributed by atoms with Crippen molar-refractivity contribution >= 4 is 5.97 Å². The number of aliphatic carboxylic acids is 1. The third-order valence-electron chi connectivity index (χ3n) is 2.91. The zero-order chi connectivity index (χ0) is 15.6. The van der Waals surface area contributed by atoms with Crippen molar-refractivity contribution in [2.45, 2.75) is 12.6 Å². The van der Waals surface area contributed by atoms with Gasteiger partial charge in [-0.2, -0.15) is 13.2 Å². The molecule has 0 spiro atoms. The van der Waals surface area contributed by atoms with Crippen LogP contribution >= 0.6 is 0 Å². The first-order valence-corrected chi connectivity index (χ1v) is 5.95. The fourth-order valence-corrected chi connectivity index (χ4v) is 2.02. The summed E-state index contributed by atoms with van der Waals surface area (Å²) in [5.41, 5.74) is -0.341. The Morgan fingerprint density at radius 3 is 2.38 bits per heavy atom. The van der Waals surface area contributed by atoms with E-state index >= 15 is 0 Å². The van der Waals surface area contributed by atoms with Crippen molar-refractivity contribution in [3.8, 4) is 11.1 Å². The van der Waals surface area contributed by atoms with Crippen molar-refractivity contribution in [1.82, 2.24) is 0 Å². The molecule has 110 valence electrons. The zero-order valence-electron chi connectivity index (χ0n) is 10.6. The lowest BCUT2D eigenvalue weighted by atomic mass is 9.95. The summed E-state index contributed by atoms with van der Waals surface area (Å²) >= 11 is 0. The first-order chi connectivity index (χ1) is 9.77. The number of carboxylic acids is 1. The minimum absolute atomic E-state index is 0.0112. The summed E-state index contributed by atoms with van der Waals surface area (Å²) in [5.74, 6) is -1.80. The smallest absolute Gasteiger partial charge is 0.416 e. The molecule has 0 saturated heterocycles. The maximum absolute atomic E-state index is 13.2. The van der Waals surface area contributed by atoms with Crippen molar-refractivity contribution in [3.63, 3.8) is 0 Å². The Bertz CT molecular complexity index is 678. The van der Waals surface area contributed by atoms with Gasteiger partial charge in [0.05, 0.1) is 12.0 Å². The molecule has 21 heavy (non-hydrogen) atoms. The Morgan fingerprint density at radius 1 is 1.10 bits per heavy atom. The number of hydrogen-bond acceptors (Lipinski definition) is 1. The van der Waals surface area contributed by atoms with Gasteiger partial charge >= 0.3 is 12.1 Å². The van der Waals surface area contributed by atoms with Gasteiger partial charge in [0.25, 0.3) is 0 Å². The summed E-state index contributed by atoms with van der Waals surface area (Å²) in [7, 11) is 0. The lowest BCUT2D eigenvalue weighted by Gasteiger charge is -2.13. The second-order valence-corrected chi connectivity index (χ2v) is 4.45. The Labute approximate surface area is 117 Å². The maximum atomic E-state index is 13.2. The average molecular weight is 298 g/mol. The number of rotatable bonds is 3. The van der Waals surface area contributed by atoms with Gasteiger partial charge < -0.3 is 5.11 Å². The number of carbonyl (C=O) groups is 1. The summed E-state index contributed by atoms with van der Waals surface area (Å²) < 4.78 is 51.3. The highest BCUT2D eigenvalue weighted by molar-refractivity contribution is 5.77. The topological polar surface area (TPSA) is 37.3 Å². The molecule has 0 radical (unpaired) electrons. The van der Waals surface area contributed by atoms with Gasteiger partial charge in [0.2, 0.25) is 0 Å². The monoisotopic (exact) mass is 298 g/mol. The highest BCUT2D eigenvalue weighted by Crippen LogP contribution is 2.33. The minimum Gasteiger partial charge on any atom is -0.481 e. The highest BCUT2D eigenvalue weighted by atomic mass is 19.4. The summed E-state index contributed by atoms with van der Waals surface area (Å²) in [6, 6.07) is 8.07. The summed E-state index contributed by atoms with van der Waals surface area (Å²) in [6.45, 7) is 0.